The average Bonchev–Trinajstić information content (AvgIpc) is 2.98. The van der Waals surface area contributed by atoms with Crippen LogP contribution in [0.15, 0.2) is 0 Å². The Bertz CT molecular complexity index is 373. The topological polar surface area (TPSA) is 61.4 Å². The normalized spacial score (nSPS) is 44.3. The summed E-state index contributed by atoms with van der Waals surface area (Å²) in [6, 6.07) is -0.0212. The van der Waals surface area contributed by atoms with Gasteiger partial charge in [-0.1, -0.05) is 26.2 Å². The van der Waals surface area contributed by atoms with Crippen LogP contribution in [-0.4, -0.2) is 35.7 Å². The molecule has 5 unspecified atom stereocenters. The van der Waals surface area contributed by atoms with Gasteiger partial charge in [0, 0.05) is 6.54 Å². The van der Waals surface area contributed by atoms with Crippen LogP contribution >= 0.6 is 0 Å². The molecule has 0 bridgehead atoms. The summed E-state index contributed by atoms with van der Waals surface area (Å²) in [6.45, 7) is 3.60. The first-order valence-electron chi connectivity index (χ1n) is 8.31. The molecule has 3 rings (SSSR count). The van der Waals surface area contributed by atoms with Crippen molar-refractivity contribution in [2.45, 2.75) is 63.5 Å². The molecular weight excluding hydrogens is 252 g/mol. The minimum atomic E-state index is -0.680. The summed E-state index contributed by atoms with van der Waals surface area (Å²) in [5.41, 5.74) is -0.680. The summed E-state index contributed by atoms with van der Waals surface area (Å²) in [6.07, 6.45) is 7.62. The van der Waals surface area contributed by atoms with Gasteiger partial charge in [0.2, 0.25) is 5.91 Å². The van der Waals surface area contributed by atoms with Gasteiger partial charge in [-0.05, 0) is 50.0 Å². The van der Waals surface area contributed by atoms with Crippen molar-refractivity contribution in [3.8, 4) is 0 Å². The minimum Gasteiger partial charge on any atom is -0.388 e. The quantitative estimate of drug-likeness (QED) is 0.733. The van der Waals surface area contributed by atoms with Gasteiger partial charge in [-0.2, -0.15) is 0 Å². The molecule has 3 aliphatic rings. The van der Waals surface area contributed by atoms with E-state index in [9.17, 15) is 9.90 Å². The van der Waals surface area contributed by atoms with Gasteiger partial charge in [-0.25, -0.2) is 0 Å². The molecule has 0 aromatic heterocycles. The fraction of sp³-hybridized carbons (Fsp3) is 0.938. The van der Waals surface area contributed by atoms with Crippen molar-refractivity contribution >= 4 is 5.91 Å². The van der Waals surface area contributed by atoms with Crippen molar-refractivity contribution in [1.29, 1.82) is 0 Å². The van der Waals surface area contributed by atoms with Gasteiger partial charge in [-0.3, -0.25) is 4.79 Å². The molecule has 20 heavy (non-hydrogen) atoms. The summed E-state index contributed by atoms with van der Waals surface area (Å²) in [5, 5.41) is 17.0. The maximum Gasteiger partial charge on any atom is 0.237 e. The zero-order chi connectivity index (χ0) is 14.2. The average molecular weight is 280 g/mol. The molecule has 114 valence electrons. The van der Waals surface area contributed by atoms with Crippen LogP contribution in [-0.2, 0) is 4.79 Å². The molecule has 0 aromatic carbocycles. The number of carbonyl (C=O) groups is 1. The van der Waals surface area contributed by atoms with Crippen LogP contribution in [0.25, 0.3) is 0 Å². The van der Waals surface area contributed by atoms with Gasteiger partial charge in [0.25, 0.3) is 0 Å². The molecule has 1 heterocycles. The van der Waals surface area contributed by atoms with Gasteiger partial charge in [0.15, 0.2) is 0 Å². The summed E-state index contributed by atoms with van der Waals surface area (Å²) in [7, 11) is 0. The molecule has 4 nitrogen and oxygen atoms in total. The van der Waals surface area contributed by atoms with Crippen molar-refractivity contribution in [2.24, 2.45) is 17.8 Å². The molecule has 3 N–H and O–H groups in total. The first kappa shape index (κ1) is 14.3. The lowest BCUT2D eigenvalue weighted by atomic mass is 9.79. The fourth-order valence-electron chi connectivity index (χ4n) is 4.63. The molecule has 4 heteroatoms. The van der Waals surface area contributed by atoms with E-state index in [4.69, 9.17) is 0 Å². The van der Waals surface area contributed by atoms with E-state index in [0.29, 0.717) is 24.3 Å². The number of nitrogens with one attached hydrogen (secondary N) is 2. The van der Waals surface area contributed by atoms with E-state index in [1.54, 1.807) is 0 Å². The van der Waals surface area contributed by atoms with Crippen molar-refractivity contribution in [3.05, 3.63) is 0 Å². The zero-order valence-corrected chi connectivity index (χ0v) is 12.5. The van der Waals surface area contributed by atoms with E-state index < -0.39 is 5.60 Å². The number of amides is 1. The second kappa shape index (κ2) is 5.64. The zero-order valence-electron chi connectivity index (χ0n) is 12.5. The highest BCUT2D eigenvalue weighted by Gasteiger charge is 2.43. The first-order chi connectivity index (χ1) is 9.57. The third-order valence-electron chi connectivity index (χ3n) is 5.69. The summed E-state index contributed by atoms with van der Waals surface area (Å²) in [5.74, 6) is 1.89. The Morgan fingerprint density at radius 2 is 2.20 bits per heavy atom. The Hall–Kier alpha value is -0.610. The van der Waals surface area contributed by atoms with Gasteiger partial charge >= 0.3 is 0 Å². The lowest BCUT2D eigenvalue weighted by molar-refractivity contribution is -0.125. The molecule has 2 saturated carbocycles. The molecule has 0 aromatic rings. The van der Waals surface area contributed by atoms with E-state index in [0.717, 1.165) is 25.8 Å². The van der Waals surface area contributed by atoms with Gasteiger partial charge < -0.3 is 15.7 Å². The van der Waals surface area contributed by atoms with Crippen molar-refractivity contribution in [2.75, 3.05) is 13.1 Å². The minimum absolute atomic E-state index is 0.0212. The highest BCUT2D eigenvalue weighted by Crippen LogP contribution is 2.38. The molecule has 1 aliphatic heterocycles. The van der Waals surface area contributed by atoms with Gasteiger partial charge in [0.1, 0.15) is 0 Å². The number of aliphatic hydroxyl groups is 1. The van der Waals surface area contributed by atoms with Crippen LogP contribution in [0.4, 0.5) is 0 Å². The molecule has 1 amide bonds. The van der Waals surface area contributed by atoms with Crippen LogP contribution in [0.3, 0.4) is 0 Å². The number of hydrogen-bond donors (Lipinski definition) is 3. The van der Waals surface area contributed by atoms with Gasteiger partial charge in [-0.15, -0.1) is 0 Å². The lowest BCUT2D eigenvalue weighted by Crippen LogP contribution is -2.51. The SMILES string of the molecule is CC1CCCC(O)(CNC(=O)C2NCC3CCCC32)C1. The fourth-order valence-corrected chi connectivity index (χ4v) is 4.63. The van der Waals surface area contributed by atoms with E-state index in [-0.39, 0.29) is 11.9 Å². The van der Waals surface area contributed by atoms with Crippen LogP contribution in [0.5, 0.6) is 0 Å². The van der Waals surface area contributed by atoms with Crippen LogP contribution < -0.4 is 10.6 Å². The lowest BCUT2D eigenvalue weighted by Gasteiger charge is -2.36. The first-order valence-corrected chi connectivity index (χ1v) is 8.31. The molecule has 5 atom stereocenters. The second-order valence-electron chi connectivity index (χ2n) is 7.38. The predicted octanol–water partition coefficient (Wildman–Crippen LogP) is 1.43. The Kier molecular flexibility index (Phi) is 4.04. The monoisotopic (exact) mass is 280 g/mol. The Morgan fingerprint density at radius 3 is 3.00 bits per heavy atom. The number of rotatable bonds is 3. The molecular formula is C16H28N2O2. The number of carbonyl (C=O) groups excluding carboxylic acids is 1. The summed E-state index contributed by atoms with van der Waals surface area (Å²) in [4.78, 5) is 12.4. The van der Waals surface area contributed by atoms with Crippen LogP contribution in [0, 0.1) is 17.8 Å². The molecule has 2 aliphatic carbocycles. The third-order valence-corrected chi connectivity index (χ3v) is 5.69. The Balaban J connectivity index is 1.52. The van der Waals surface area contributed by atoms with E-state index in [2.05, 4.69) is 17.6 Å². The van der Waals surface area contributed by atoms with Crippen molar-refractivity contribution in [3.63, 3.8) is 0 Å². The number of fused-ring (bicyclic) bond motifs is 1. The molecule has 3 fully saturated rings. The maximum absolute atomic E-state index is 12.4. The Morgan fingerprint density at radius 1 is 1.35 bits per heavy atom. The van der Waals surface area contributed by atoms with Gasteiger partial charge in [0.05, 0.1) is 11.6 Å². The largest absolute Gasteiger partial charge is 0.388 e. The highest BCUT2D eigenvalue weighted by molar-refractivity contribution is 5.82. The molecule has 0 spiro atoms. The van der Waals surface area contributed by atoms with E-state index in [1.807, 2.05) is 0 Å². The van der Waals surface area contributed by atoms with Crippen molar-refractivity contribution < 1.29 is 9.90 Å². The third kappa shape index (κ3) is 2.86. The Labute approximate surface area is 121 Å². The summed E-state index contributed by atoms with van der Waals surface area (Å²) >= 11 is 0. The van der Waals surface area contributed by atoms with Crippen LogP contribution in [0.1, 0.15) is 51.9 Å². The smallest absolute Gasteiger partial charge is 0.237 e. The predicted molar refractivity (Wildman–Crippen MR) is 78.2 cm³/mol. The van der Waals surface area contributed by atoms with E-state index >= 15 is 0 Å². The number of hydrogen-bond acceptors (Lipinski definition) is 3. The maximum atomic E-state index is 12.4. The van der Waals surface area contributed by atoms with Crippen molar-refractivity contribution in [1.82, 2.24) is 10.6 Å². The second-order valence-corrected chi connectivity index (χ2v) is 7.38. The molecule has 1 saturated heterocycles. The summed E-state index contributed by atoms with van der Waals surface area (Å²) < 4.78 is 0. The molecule has 0 radical (unpaired) electrons. The van der Waals surface area contributed by atoms with Crippen LogP contribution in [0.2, 0.25) is 0 Å². The standard InChI is InChI=1S/C16H28N2O2/c1-11-4-3-7-16(20,8-11)10-18-15(19)14-13-6-2-5-12(13)9-17-14/h11-14,17,20H,2-10H2,1H3,(H,18,19). The highest BCUT2D eigenvalue weighted by atomic mass is 16.3. The van der Waals surface area contributed by atoms with E-state index in [1.165, 1.54) is 25.7 Å².